The van der Waals surface area contributed by atoms with E-state index in [4.69, 9.17) is 0 Å². The minimum absolute atomic E-state index is 0.0235. The standard InChI is InChI=1S/C17H34N2O2/c1-13(2)6-11-18-15(20)14(3)19-12-17(21)9-7-16(4,5)8-10-17/h13-14,19,21H,6-12H2,1-5H3,(H,18,20). The second kappa shape index (κ2) is 7.59. The van der Waals surface area contributed by atoms with E-state index < -0.39 is 5.60 Å². The first-order chi connectivity index (χ1) is 9.64. The Morgan fingerprint density at radius 1 is 1.14 bits per heavy atom. The second-order valence-corrected chi connectivity index (χ2v) is 7.96. The number of nitrogens with one attached hydrogen (secondary N) is 2. The maximum atomic E-state index is 11.9. The summed E-state index contributed by atoms with van der Waals surface area (Å²) in [6, 6.07) is -0.254. The molecular weight excluding hydrogens is 264 g/mol. The molecule has 0 radical (unpaired) electrons. The highest BCUT2D eigenvalue weighted by Gasteiger charge is 2.36. The summed E-state index contributed by atoms with van der Waals surface area (Å²) in [6.45, 7) is 11.9. The Morgan fingerprint density at radius 3 is 2.24 bits per heavy atom. The molecule has 3 N–H and O–H groups in total. The van der Waals surface area contributed by atoms with Crippen molar-refractivity contribution in [1.82, 2.24) is 10.6 Å². The predicted octanol–water partition coefficient (Wildman–Crippen LogP) is 2.46. The van der Waals surface area contributed by atoms with Crippen LogP contribution >= 0.6 is 0 Å². The zero-order chi connectivity index (χ0) is 16.1. The summed E-state index contributed by atoms with van der Waals surface area (Å²) in [5.74, 6) is 0.621. The fourth-order valence-corrected chi connectivity index (χ4v) is 2.64. The Kier molecular flexibility index (Phi) is 6.67. The average molecular weight is 298 g/mol. The van der Waals surface area contributed by atoms with Crippen molar-refractivity contribution in [2.24, 2.45) is 11.3 Å². The molecular formula is C17H34N2O2. The molecule has 21 heavy (non-hydrogen) atoms. The molecule has 0 aromatic carbocycles. The van der Waals surface area contributed by atoms with Crippen LogP contribution in [0.1, 0.15) is 66.7 Å². The van der Waals surface area contributed by atoms with E-state index in [0.717, 1.165) is 38.6 Å². The van der Waals surface area contributed by atoms with Gasteiger partial charge in [0.2, 0.25) is 5.91 Å². The van der Waals surface area contributed by atoms with Gasteiger partial charge in [-0.2, -0.15) is 0 Å². The molecule has 0 spiro atoms. The molecule has 4 nitrogen and oxygen atoms in total. The van der Waals surface area contributed by atoms with Gasteiger partial charge in [0, 0.05) is 13.1 Å². The highest BCUT2D eigenvalue weighted by Crippen LogP contribution is 2.39. The van der Waals surface area contributed by atoms with Crippen molar-refractivity contribution in [2.45, 2.75) is 78.4 Å². The van der Waals surface area contributed by atoms with E-state index in [0.29, 0.717) is 17.9 Å². The van der Waals surface area contributed by atoms with Gasteiger partial charge in [0.05, 0.1) is 11.6 Å². The zero-order valence-corrected chi connectivity index (χ0v) is 14.5. The Hall–Kier alpha value is -0.610. The molecule has 0 saturated heterocycles. The van der Waals surface area contributed by atoms with Crippen LogP contribution in [-0.4, -0.2) is 35.7 Å². The first-order valence-electron chi connectivity index (χ1n) is 8.37. The third kappa shape index (κ3) is 6.79. The van der Waals surface area contributed by atoms with E-state index in [-0.39, 0.29) is 11.9 Å². The smallest absolute Gasteiger partial charge is 0.236 e. The van der Waals surface area contributed by atoms with Crippen LogP contribution in [0.3, 0.4) is 0 Å². The highest BCUT2D eigenvalue weighted by atomic mass is 16.3. The number of aliphatic hydroxyl groups is 1. The van der Waals surface area contributed by atoms with Crippen LogP contribution in [0.4, 0.5) is 0 Å². The van der Waals surface area contributed by atoms with Gasteiger partial charge in [-0.1, -0.05) is 27.7 Å². The third-order valence-corrected chi connectivity index (χ3v) is 4.69. The minimum atomic E-state index is -0.651. The van der Waals surface area contributed by atoms with Crippen molar-refractivity contribution in [2.75, 3.05) is 13.1 Å². The molecule has 124 valence electrons. The summed E-state index contributed by atoms with van der Waals surface area (Å²) in [5, 5.41) is 16.7. The first kappa shape index (κ1) is 18.4. The Bertz CT molecular complexity index is 330. The number of hydrogen-bond acceptors (Lipinski definition) is 3. The van der Waals surface area contributed by atoms with Gasteiger partial charge in [-0.3, -0.25) is 4.79 Å². The van der Waals surface area contributed by atoms with Gasteiger partial charge in [0.25, 0.3) is 0 Å². The van der Waals surface area contributed by atoms with Crippen molar-refractivity contribution in [3.05, 3.63) is 0 Å². The molecule has 1 fully saturated rings. The maximum Gasteiger partial charge on any atom is 0.236 e. The molecule has 0 aliphatic heterocycles. The zero-order valence-electron chi connectivity index (χ0n) is 14.5. The Balaban J connectivity index is 2.29. The molecule has 1 rings (SSSR count). The molecule has 0 aromatic heterocycles. The topological polar surface area (TPSA) is 61.4 Å². The number of amides is 1. The lowest BCUT2D eigenvalue weighted by Gasteiger charge is -2.40. The molecule has 1 unspecified atom stereocenters. The van der Waals surface area contributed by atoms with E-state index >= 15 is 0 Å². The van der Waals surface area contributed by atoms with Gasteiger partial charge in [0.15, 0.2) is 0 Å². The third-order valence-electron chi connectivity index (χ3n) is 4.69. The molecule has 0 heterocycles. The quantitative estimate of drug-likeness (QED) is 0.676. The fraction of sp³-hybridized carbons (Fsp3) is 0.941. The van der Waals surface area contributed by atoms with Crippen LogP contribution in [0, 0.1) is 11.3 Å². The van der Waals surface area contributed by atoms with Crippen LogP contribution in [0.25, 0.3) is 0 Å². The van der Waals surface area contributed by atoms with Gasteiger partial charge >= 0.3 is 0 Å². The fourth-order valence-electron chi connectivity index (χ4n) is 2.64. The van der Waals surface area contributed by atoms with E-state index in [1.165, 1.54) is 0 Å². The van der Waals surface area contributed by atoms with Crippen LogP contribution in [0.15, 0.2) is 0 Å². The van der Waals surface area contributed by atoms with Crippen LogP contribution < -0.4 is 10.6 Å². The molecule has 1 aliphatic carbocycles. The van der Waals surface area contributed by atoms with E-state index in [1.807, 2.05) is 6.92 Å². The SMILES string of the molecule is CC(C)CCNC(=O)C(C)NCC1(O)CCC(C)(C)CC1. The van der Waals surface area contributed by atoms with Gasteiger partial charge in [-0.05, 0) is 50.4 Å². The molecule has 1 aliphatic rings. The lowest BCUT2D eigenvalue weighted by molar-refractivity contribution is -0.123. The molecule has 1 amide bonds. The van der Waals surface area contributed by atoms with Gasteiger partial charge in [-0.25, -0.2) is 0 Å². The van der Waals surface area contributed by atoms with Crippen molar-refractivity contribution in [3.63, 3.8) is 0 Å². The van der Waals surface area contributed by atoms with Crippen molar-refractivity contribution in [1.29, 1.82) is 0 Å². The Morgan fingerprint density at radius 2 is 1.71 bits per heavy atom. The normalized spacial score (nSPS) is 22.0. The summed E-state index contributed by atoms with van der Waals surface area (Å²) in [6.07, 6.45) is 4.71. The first-order valence-corrected chi connectivity index (χ1v) is 8.37. The summed E-state index contributed by atoms with van der Waals surface area (Å²) in [7, 11) is 0. The number of carbonyl (C=O) groups excluding carboxylic acids is 1. The van der Waals surface area contributed by atoms with Crippen LogP contribution in [-0.2, 0) is 4.79 Å². The average Bonchev–Trinajstić information content (AvgIpc) is 2.39. The van der Waals surface area contributed by atoms with Crippen LogP contribution in [0.2, 0.25) is 0 Å². The number of rotatable bonds is 7. The summed E-state index contributed by atoms with van der Waals surface area (Å²) >= 11 is 0. The molecule has 1 atom stereocenters. The summed E-state index contributed by atoms with van der Waals surface area (Å²) in [4.78, 5) is 11.9. The number of hydrogen-bond donors (Lipinski definition) is 3. The Labute approximate surface area is 130 Å². The highest BCUT2D eigenvalue weighted by molar-refractivity contribution is 5.81. The lowest BCUT2D eigenvalue weighted by Crippen LogP contribution is -2.51. The minimum Gasteiger partial charge on any atom is -0.389 e. The molecule has 0 aromatic rings. The molecule has 4 heteroatoms. The lowest BCUT2D eigenvalue weighted by atomic mass is 9.71. The van der Waals surface area contributed by atoms with Crippen LogP contribution in [0.5, 0.6) is 0 Å². The van der Waals surface area contributed by atoms with Crippen molar-refractivity contribution >= 4 is 5.91 Å². The van der Waals surface area contributed by atoms with E-state index in [9.17, 15) is 9.90 Å². The monoisotopic (exact) mass is 298 g/mol. The largest absolute Gasteiger partial charge is 0.389 e. The molecule has 1 saturated carbocycles. The van der Waals surface area contributed by atoms with Gasteiger partial charge < -0.3 is 15.7 Å². The van der Waals surface area contributed by atoms with E-state index in [2.05, 4.69) is 38.3 Å². The van der Waals surface area contributed by atoms with Gasteiger partial charge in [0.1, 0.15) is 0 Å². The summed E-state index contributed by atoms with van der Waals surface area (Å²) < 4.78 is 0. The molecule has 0 bridgehead atoms. The predicted molar refractivity (Wildman–Crippen MR) is 87.1 cm³/mol. The second-order valence-electron chi connectivity index (χ2n) is 7.96. The van der Waals surface area contributed by atoms with Crippen molar-refractivity contribution in [3.8, 4) is 0 Å². The number of carbonyl (C=O) groups is 1. The van der Waals surface area contributed by atoms with Crippen molar-refractivity contribution < 1.29 is 9.90 Å². The maximum absolute atomic E-state index is 11.9. The van der Waals surface area contributed by atoms with E-state index in [1.54, 1.807) is 0 Å². The summed E-state index contributed by atoms with van der Waals surface area (Å²) in [5.41, 5.74) is -0.311. The van der Waals surface area contributed by atoms with Gasteiger partial charge in [-0.15, -0.1) is 0 Å².